The minimum atomic E-state index is 0.904. The quantitative estimate of drug-likeness (QED) is 0.432. The average Bonchev–Trinajstić information content (AvgIpc) is 3.21. The molecule has 0 amide bonds. The molecule has 0 saturated heterocycles. The van der Waals surface area contributed by atoms with E-state index < -0.39 is 0 Å². The highest BCUT2D eigenvalue weighted by Crippen LogP contribution is 2.35. The monoisotopic (exact) mass is 356 g/mol. The molecule has 4 nitrogen and oxygen atoms in total. The molecule has 4 aromatic heterocycles. The van der Waals surface area contributed by atoms with Crippen molar-refractivity contribution in [2.75, 3.05) is 0 Å². The molecule has 126 valence electrons. The van der Waals surface area contributed by atoms with Crippen LogP contribution in [-0.4, -0.2) is 19.4 Å². The molecule has 0 atom stereocenters. The maximum Gasteiger partial charge on any atom is 0.195 e. The van der Waals surface area contributed by atoms with E-state index in [2.05, 4.69) is 46.0 Å². The maximum absolute atomic E-state index is 4.90. The molecule has 0 unspecified atom stereocenters. The van der Waals surface area contributed by atoms with Gasteiger partial charge in [0, 0.05) is 33.9 Å². The number of pyridine rings is 2. The lowest BCUT2D eigenvalue weighted by Gasteiger charge is -2.07. The lowest BCUT2D eigenvalue weighted by Crippen LogP contribution is -1.93. The molecular formula is C21H16N4S. The summed E-state index contributed by atoms with van der Waals surface area (Å²) in [5, 5.41) is 3.26. The zero-order valence-electron chi connectivity index (χ0n) is 14.5. The summed E-state index contributed by atoms with van der Waals surface area (Å²) < 4.78 is 2.22. The molecule has 0 radical (unpaired) electrons. The first-order valence-corrected chi connectivity index (χ1v) is 9.34. The third-order valence-electron chi connectivity index (χ3n) is 4.54. The Labute approximate surface area is 154 Å². The number of nitrogens with zero attached hydrogens (tertiary/aromatic N) is 4. The van der Waals surface area contributed by atoms with E-state index in [0.717, 1.165) is 44.2 Å². The topological polar surface area (TPSA) is 43.1 Å². The molecular weight excluding hydrogens is 340 g/mol. The third kappa shape index (κ3) is 2.32. The van der Waals surface area contributed by atoms with Gasteiger partial charge in [0.1, 0.15) is 5.69 Å². The second kappa shape index (κ2) is 5.75. The van der Waals surface area contributed by atoms with Gasteiger partial charge in [0.25, 0.3) is 0 Å². The molecule has 0 spiro atoms. The molecule has 26 heavy (non-hydrogen) atoms. The zero-order valence-corrected chi connectivity index (χ0v) is 15.3. The van der Waals surface area contributed by atoms with Crippen molar-refractivity contribution < 1.29 is 0 Å². The molecule has 0 aliphatic heterocycles. The second-order valence-electron chi connectivity index (χ2n) is 6.38. The largest absolute Gasteiger partial charge is 0.287 e. The Morgan fingerprint density at radius 1 is 0.962 bits per heavy atom. The summed E-state index contributed by atoms with van der Waals surface area (Å²) in [6, 6.07) is 16.5. The molecule has 0 saturated carbocycles. The van der Waals surface area contributed by atoms with E-state index in [0.29, 0.717) is 0 Å². The van der Waals surface area contributed by atoms with Crippen LogP contribution in [0.5, 0.6) is 0 Å². The van der Waals surface area contributed by atoms with Crippen LogP contribution in [0.1, 0.15) is 11.4 Å². The van der Waals surface area contributed by atoms with E-state index in [-0.39, 0.29) is 0 Å². The molecule has 5 rings (SSSR count). The first-order chi connectivity index (χ1) is 12.7. The number of aromatic nitrogens is 4. The van der Waals surface area contributed by atoms with Crippen LogP contribution < -0.4 is 0 Å². The number of imidazole rings is 1. The summed E-state index contributed by atoms with van der Waals surface area (Å²) in [5.74, 6) is 0. The fourth-order valence-corrected chi connectivity index (χ4v) is 4.21. The summed E-state index contributed by atoms with van der Waals surface area (Å²) in [6.45, 7) is 4.12. The molecule has 0 bridgehead atoms. The van der Waals surface area contributed by atoms with Crippen LogP contribution >= 0.6 is 11.3 Å². The van der Waals surface area contributed by atoms with Gasteiger partial charge in [-0.2, -0.15) is 0 Å². The van der Waals surface area contributed by atoms with Gasteiger partial charge in [-0.1, -0.05) is 18.2 Å². The van der Waals surface area contributed by atoms with E-state index in [1.165, 1.54) is 5.69 Å². The Morgan fingerprint density at radius 2 is 1.88 bits per heavy atom. The van der Waals surface area contributed by atoms with Gasteiger partial charge in [-0.25, -0.2) is 4.98 Å². The van der Waals surface area contributed by atoms with Gasteiger partial charge in [-0.05, 0) is 44.2 Å². The van der Waals surface area contributed by atoms with Gasteiger partial charge in [0.05, 0.1) is 16.9 Å². The number of benzene rings is 1. The minimum Gasteiger partial charge on any atom is -0.287 e. The number of hydrogen-bond donors (Lipinski definition) is 0. The SMILES string of the molecule is Cc1cccc(-c2nc3scc(C)n3c2-c2ccc3ncccc3c2)n1. The van der Waals surface area contributed by atoms with Gasteiger partial charge in [-0.3, -0.25) is 14.4 Å². The Balaban J connectivity index is 1.84. The highest BCUT2D eigenvalue weighted by Gasteiger charge is 2.19. The van der Waals surface area contributed by atoms with Crippen molar-refractivity contribution >= 4 is 27.2 Å². The van der Waals surface area contributed by atoms with E-state index in [4.69, 9.17) is 9.97 Å². The molecule has 0 fully saturated rings. The predicted octanol–water partition coefficient (Wildman–Crippen LogP) is 5.29. The van der Waals surface area contributed by atoms with Gasteiger partial charge < -0.3 is 0 Å². The highest BCUT2D eigenvalue weighted by molar-refractivity contribution is 7.15. The summed E-state index contributed by atoms with van der Waals surface area (Å²) in [5.41, 5.74) is 7.20. The Hall–Kier alpha value is -3.05. The Bertz CT molecular complexity index is 1270. The van der Waals surface area contributed by atoms with Crippen LogP contribution in [0.15, 0.2) is 60.1 Å². The first-order valence-electron chi connectivity index (χ1n) is 8.46. The van der Waals surface area contributed by atoms with Crippen molar-refractivity contribution in [3.8, 4) is 22.6 Å². The van der Waals surface area contributed by atoms with E-state index in [1.54, 1.807) is 11.3 Å². The van der Waals surface area contributed by atoms with Crippen molar-refractivity contribution in [2.45, 2.75) is 13.8 Å². The number of aryl methyl sites for hydroxylation is 2. The maximum atomic E-state index is 4.90. The standard InChI is InChI=1S/C21H16N4S/c1-13-5-3-7-18(23-13)19-20(25-14(2)12-26-21(25)24-19)16-8-9-17-15(11-16)6-4-10-22-17/h3-12H,1-2H3. The normalized spacial score (nSPS) is 11.5. The van der Waals surface area contributed by atoms with Crippen molar-refractivity contribution in [3.05, 3.63) is 71.5 Å². The molecule has 5 heteroatoms. The number of hydrogen-bond acceptors (Lipinski definition) is 4. The van der Waals surface area contributed by atoms with Gasteiger partial charge in [0.2, 0.25) is 0 Å². The summed E-state index contributed by atoms with van der Waals surface area (Å²) >= 11 is 1.66. The Morgan fingerprint density at radius 3 is 2.77 bits per heavy atom. The number of thiazole rings is 1. The summed E-state index contributed by atoms with van der Waals surface area (Å²) in [6.07, 6.45) is 1.82. The summed E-state index contributed by atoms with van der Waals surface area (Å²) in [7, 11) is 0. The second-order valence-corrected chi connectivity index (χ2v) is 7.22. The zero-order chi connectivity index (χ0) is 17.7. The van der Waals surface area contributed by atoms with Crippen LogP contribution in [0, 0.1) is 13.8 Å². The average molecular weight is 356 g/mol. The van der Waals surface area contributed by atoms with Crippen LogP contribution in [0.2, 0.25) is 0 Å². The van der Waals surface area contributed by atoms with Crippen molar-refractivity contribution in [1.29, 1.82) is 0 Å². The number of rotatable bonds is 2. The van der Waals surface area contributed by atoms with Crippen molar-refractivity contribution in [1.82, 2.24) is 19.4 Å². The lowest BCUT2D eigenvalue weighted by molar-refractivity contribution is 1.14. The van der Waals surface area contributed by atoms with E-state index in [9.17, 15) is 0 Å². The van der Waals surface area contributed by atoms with Gasteiger partial charge in [-0.15, -0.1) is 11.3 Å². The lowest BCUT2D eigenvalue weighted by atomic mass is 10.0. The molecule has 5 aromatic rings. The Kier molecular flexibility index (Phi) is 3.36. The minimum absolute atomic E-state index is 0.904. The number of fused-ring (bicyclic) bond motifs is 2. The van der Waals surface area contributed by atoms with E-state index in [1.807, 2.05) is 37.4 Å². The van der Waals surface area contributed by atoms with Gasteiger partial charge >= 0.3 is 0 Å². The molecule has 4 heterocycles. The fraction of sp³-hybridized carbons (Fsp3) is 0.0952. The van der Waals surface area contributed by atoms with E-state index >= 15 is 0 Å². The van der Waals surface area contributed by atoms with Crippen LogP contribution in [-0.2, 0) is 0 Å². The third-order valence-corrected chi connectivity index (χ3v) is 5.49. The predicted molar refractivity (Wildman–Crippen MR) is 107 cm³/mol. The molecule has 0 aliphatic rings. The van der Waals surface area contributed by atoms with Crippen LogP contribution in [0.4, 0.5) is 0 Å². The summed E-state index contributed by atoms with van der Waals surface area (Å²) in [4.78, 5) is 15.0. The van der Waals surface area contributed by atoms with Crippen molar-refractivity contribution in [3.63, 3.8) is 0 Å². The highest BCUT2D eigenvalue weighted by atomic mass is 32.1. The van der Waals surface area contributed by atoms with Gasteiger partial charge in [0.15, 0.2) is 4.96 Å². The molecule has 1 aromatic carbocycles. The molecule has 0 aliphatic carbocycles. The van der Waals surface area contributed by atoms with Crippen molar-refractivity contribution in [2.24, 2.45) is 0 Å². The molecule has 0 N–H and O–H groups in total. The first kappa shape index (κ1) is 15.2. The van der Waals surface area contributed by atoms with Crippen LogP contribution in [0.3, 0.4) is 0 Å². The smallest absolute Gasteiger partial charge is 0.195 e. The van der Waals surface area contributed by atoms with Crippen LogP contribution in [0.25, 0.3) is 38.5 Å². The fourth-order valence-electron chi connectivity index (χ4n) is 3.34.